The third kappa shape index (κ3) is 4.76. The van der Waals surface area contributed by atoms with Crippen molar-refractivity contribution in [2.45, 2.75) is 19.3 Å². The van der Waals surface area contributed by atoms with E-state index in [2.05, 4.69) is 5.32 Å². The lowest BCUT2D eigenvalue weighted by atomic mass is 9.96. The molecule has 1 aromatic carbocycles. The van der Waals surface area contributed by atoms with E-state index in [1.54, 1.807) is 17.0 Å². The summed E-state index contributed by atoms with van der Waals surface area (Å²) >= 11 is 0. The van der Waals surface area contributed by atoms with Gasteiger partial charge in [0.15, 0.2) is 0 Å². The molecule has 1 aromatic rings. The van der Waals surface area contributed by atoms with E-state index >= 15 is 0 Å². The van der Waals surface area contributed by atoms with Crippen LogP contribution in [0.3, 0.4) is 0 Å². The lowest BCUT2D eigenvalue weighted by Gasteiger charge is -2.27. The van der Waals surface area contributed by atoms with Crippen LogP contribution in [0.4, 0.5) is 4.39 Å². The number of benzene rings is 1. The molecule has 20 heavy (non-hydrogen) atoms. The van der Waals surface area contributed by atoms with Crippen LogP contribution in [0.2, 0.25) is 0 Å². The van der Waals surface area contributed by atoms with Gasteiger partial charge >= 0.3 is 0 Å². The van der Waals surface area contributed by atoms with Crippen molar-refractivity contribution in [3.63, 3.8) is 0 Å². The fourth-order valence-corrected chi connectivity index (χ4v) is 2.44. The molecule has 3 nitrogen and oxygen atoms in total. The van der Waals surface area contributed by atoms with Crippen LogP contribution in [0, 0.1) is 11.7 Å². The fraction of sp³-hybridized carbons (Fsp3) is 0.533. The van der Waals surface area contributed by atoms with Gasteiger partial charge in [-0.3, -0.25) is 4.79 Å². The van der Waals surface area contributed by atoms with Gasteiger partial charge in [0.25, 0.3) is 0 Å². The van der Waals surface area contributed by atoms with E-state index in [-0.39, 0.29) is 30.0 Å². The van der Waals surface area contributed by atoms with E-state index in [4.69, 9.17) is 0 Å². The number of carbonyl (C=O) groups excluding carboxylic acids is 1. The van der Waals surface area contributed by atoms with Gasteiger partial charge in [0.2, 0.25) is 5.91 Å². The van der Waals surface area contributed by atoms with Crippen LogP contribution in [-0.4, -0.2) is 37.5 Å². The van der Waals surface area contributed by atoms with Crippen molar-refractivity contribution >= 4 is 18.3 Å². The summed E-state index contributed by atoms with van der Waals surface area (Å²) in [5, 5.41) is 3.27. The predicted octanol–water partition coefficient (Wildman–Crippen LogP) is 2.25. The summed E-state index contributed by atoms with van der Waals surface area (Å²) < 4.78 is 12.8. The Hall–Kier alpha value is -1.13. The molecule has 0 saturated carbocycles. The molecule has 0 aliphatic carbocycles. The SMILES string of the molecule is CN(CCc1ccc(F)cc1)C(=O)C1CCNCC1.Cl. The lowest BCUT2D eigenvalue weighted by Crippen LogP contribution is -2.39. The van der Waals surface area contributed by atoms with E-state index in [1.807, 2.05) is 7.05 Å². The molecule has 2 rings (SSSR count). The molecule has 5 heteroatoms. The highest BCUT2D eigenvalue weighted by Crippen LogP contribution is 2.14. The molecule has 1 aliphatic rings. The maximum absolute atomic E-state index is 12.8. The van der Waals surface area contributed by atoms with Crippen molar-refractivity contribution in [3.8, 4) is 0 Å². The molecule has 1 amide bonds. The second-order valence-corrected chi connectivity index (χ2v) is 5.16. The van der Waals surface area contributed by atoms with Gasteiger partial charge in [-0.15, -0.1) is 12.4 Å². The first-order valence-corrected chi connectivity index (χ1v) is 6.87. The average Bonchev–Trinajstić information content (AvgIpc) is 2.46. The fourth-order valence-electron chi connectivity index (χ4n) is 2.44. The first-order chi connectivity index (χ1) is 9.16. The number of hydrogen-bond acceptors (Lipinski definition) is 2. The number of rotatable bonds is 4. The normalized spacial score (nSPS) is 15.5. The van der Waals surface area contributed by atoms with E-state index in [1.165, 1.54) is 12.1 Å². The number of halogens is 2. The van der Waals surface area contributed by atoms with Crippen molar-refractivity contribution in [1.82, 2.24) is 10.2 Å². The van der Waals surface area contributed by atoms with Crippen LogP contribution in [0.1, 0.15) is 18.4 Å². The zero-order valence-electron chi connectivity index (χ0n) is 11.8. The molecular weight excluding hydrogens is 279 g/mol. The molecule has 0 spiro atoms. The molecule has 1 aliphatic heterocycles. The topological polar surface area (TPSA) is 32.3 Å². The summed E-state index contributed by atoms with van der Waals surface area (Å²) in [6.45, 7) is 2.55. The van der Waals surface area contributed by atoms with Crippen LogP contribution in [0.15, 0.2) is 24.3 Å². The Labute approximate surface area is 125 Å². The van der Waals surface area contributed by atoms with Crippen molar-refractivity contribution in [2.24, 2.45) is 5.92 Å². The average molecular weight is 301 g/mol. The third-order valence-electron chi connectivity index (χ3n) is 3.71. The minimum Gasteiger partial charge on any atom is -0.345 e. The molecule has 1 heterocycles. The number of likely N-dealkylation sites (N-methyl/N-ethyl adjacent to an activating group) is 1. The standard InChI is InChI=1S/C15H21FN2O.ClH/c1-18(15(19)13-6-9-17-10-7-13)11-8-12-2-4-14(16)5-3-12;/h2-5,13,17H,6-11H2,1H3;1H. The van der Waals surface area contributed by atoms with Gasteiger partial charge in [-0.05, 0) is 50.0 Å². The van der Waals surface area contributed by atoms with Crippen molar-refractivity contribution in [3.05, 3.63) is 35.6 Å². The Morgan fingerprint density at radius 3 is 2.50 bits per heavy atom. The van der Waals surface area contributed by atoms with Gasteiger partial charge in [0.1, 0.15) is 5.82 Å². The Bertz CT molecular complexity index is 418. The minimum atomic E-state index is -0.220. The maximum atomic E-state index is 12.8. The van der Waals surface area contributed by atoms with Gasteiger partial charge in [0, 0.05) is 19.5 Å². The van der Waals surface area contributed by atoms with Gasteiger partial charge < -0.3 is 10.2 Å². The van der Waals surface area contributed by atoms with Gasteiger partial charge in [0.05, 0.1) is 0 Å². The van der Waals surface area contributed by atoms with Crippen LogP contribution in [0.5, 0.6) is 0 Å². The van der Waals surface area contributed by atoms with E-state index < -0.39 is 0 Å². The molecular formula is C15H22ClFN2O. The summed E-state index contributed by atoms with van der Waals surface area (Å²) in [4.78, 5) is 14.0. The third-order valence-corrected chi connectivity index (χ3v) is 3.71. The lowest BCUT2D eigenvalue weighted by molar-refractivity contribution is -0.134. The molecule has 0 unspecified atom stereocenters. The van der Waals surface area contributed by atoms with Crippen LogP contribution in [0.25, 0.3) is 0 Å². The van der Waals surface area contributed by atoms with Crippen LogP contribution in [-0.2, 0) is 11.2 Å². The number of carbonyl (C=O) groups is 1. The Morgan fingerprint density at radius 1 is 1.30 bits per heavy atom. The molecule has 0 atom stereocenters. The zero-order valence-corrected chi connectivity index (χ0v) is 12.6. The van der Waals surface area contributed by atoms with Gasteiger partial charge in [-0.2, -0.15) is 0 Å². The molecule has 0 aromatic heterocycles. The summed E-state index contributed by atoms with van der Waals surface area (Å²) in [5.41, 5.74) is 1.06. The second-order valence-electron chi connectivity index (χ2n) is 5.16. The molecule has 1 N–H and O–H groups in total. The van der Waals surface area contributed by atoms with E-state index in [9.17, 15) is 9.18 Å². The quantitative estimate of drug-likeness (QED) is 0.925. The molecule has 0 radical (unpaired) electrons. The smallest absolute Gasteiger partial charge is 0.225 e. The Balaban J connectivity index is 0.00000200. The van der Waals surface area contributed by atoms with Gasteiger partial charge in [-0.1, -0.05) is 12.1 Å². The maximum Gasteiger partial charge on any atom is 0.225 e. The molecule has 1 fully saturated rings. The summed E-state index contributed by atoms with van der Waals surface area (Å²) in [6, 6.07) is 6.48. The highest BCUT2D eigenvalue weighted by atomic mass is 35.5. The second kappa shape index (κ2) is 8.22. The number of piperidine rings is 1. The monoisotopic (exact) mass is 300 g/mol. The summed E-state index contributed by atoms with van der Waals surface area (Å²) in [5.74, 6) is 0.186. The zero-order chi connectivity index (χ0) is 13.7. The molecule has 0 bridgehead atoms. The number of nitrogens with zero attached hydrogens (tertiary/aromatic N) is 1. The van der Waals surface area contributed by atoms with E-state index in [0.717, 1.165) is 37.9 Å². The van der Waals surface area contributed by atoms with Crippen LogP contribution < -0.4 is 5.32 Å². The summed E-state index contributed by atoms with van der Waals surface area (Å²) in [6.07, 6.45) is 2.63. The largest absolute Gasteiger partial charge is 0.345 e. The van der Waals surface area contributed by atoms with Gasteiger partial charge in [-0.25, -0.2) is 4.39 Å². The van der Waals surface area contributed by atoms with E-state index in [0.29, 0.717) is 6.54 Å². The highest BCUT2D eigenvalue weighted by molar-refractivity contribution is 5.85. The summed E-state index contributed by atoms with van der Waals surface area (Å²) in [7, 11) is 1.86. The van der Waals surface area contributed by atoms with Crippen molar-refractivity contribution < 1.29 is 9.18 Å². The Morgan fingerprint density at radius 2 is 1.90 bits per heavy atom. The highest BCUT2D eigenvalue weighted by Gasteiger charge is 2.23. The number of nitrogens with one attached hydrogen (secondary N) is 1. The number of hydrogen-bond donors (Lipinski definition) is 1. The molecule has 1 saturated heterocycles. The first-order valence-electron chi connectivity index (χ1n) is 6.87. The molecule has 112 valence electrons. The predicted molar refractivity (Wildman–Crippen MR) is 80.6 cm³/mol. The van der Waals surface area contributed by atoms with Crippen molar-refractivity contribution in [1.29, 1.82) is 0 Å². The number of amides is 1. The van der Waals surface area contributed by atoms with Crippen molar-refractivity contribution in [2.75, 3.05) is 26.7 Å². The van der Waals surface area contributed by atoms with Crippen LogP contribution >= 0.6 is 12.4 Å². The Kier molecular flexibility index (Phi) is 6.96. The minimum absolute atomic E-state index is 0. The first kappa shape index (κ1) is 16.9.